The predicted octanol–water partition coefficient (Wildman–Crippen LogP) is 8.28. The van der Waals surface area contributed by atoms with E-state index in [0.717, 1.165) is 55.1 Å². The fourth-order valence-electron chi connectivity index (χ4n) is 7.60. The molecule has 2 aromatic heterocycles. The number of fused-ring (bicyclic) bond motifs is 3. The number of nitrogens with zero attached hydrogens (tertiary/aromatic N) is 3. The Bertz CT molecular complexity index is 2220. The molecule has 0 saturated carbocycles. The van der Waals surface area contributed by atoms with Gasteiger partial charge in [-0.1, -0.05) is 18.2 Å². The molecule has 0 bridgehead atoms. The van der Waals surface area contributed by atoms with Crippen LogP contribution in [0.3, 0.4) is 0 Å². The number of thiophene rings is 1. The SMILES string of the molecule is Cc1cnc(N2CC3(CCOCC3)C2)c(C(=O)Nc2ccc(C(=O)N3CCc4cc(C(=O)CCc5ccccc5F)sc4-c4ccc(F)cc43)cc2)c1. The second-order valence-electron chi connectivity index (χ2n) is 14.2. The zero-order valence-electron chi connectivity index (χ0n) is 29.3. The van der Waals surface area contributed by atoms with Crippen LogP contribution in [0.1, 0.15) is 66.3 Å². The molecule has 8 rings (SSSR count). The van der Waals surface area contributed by atoms with Gasteiger partial charge in [-0.25, -0.2) is 13.8 Å². The van der Waals surface area contributed by atoms with E-state index in [9.17, 15) is 23.2 Å². The maximum Gasteiger partial charge on any atom is 0.259 e. The van der Waals surface area contributed by atoms with Gasteiger partial charge in [0.05, 0.1) is 16.1 Å². The lowest BCUT2D eigenvalue weighted by Crippen LogP contribution is -2.59. The molecule has 1 N–H and O–H groups in total. The van der Waals surface area contributed by atoms with Gasteiger partial charge in [-0.2, -0.15) is 0 Å². The number of amides is 2. The maximum absolute atomic E-state index is 14.7. The molecule has 2 amide bonds. The number of anilines is 3. The fourth-order valence-corrected chi connectivity index (χ4v) is 8.81. The van der Waals surface area contributed by atoms with Crippen LogP contribution in [0.4, 0.5) is 26.0 Å². The number of nitrogens with one attached hydrogen (secondary N) is 1. The van der Waals surface area contributed by atoms with Gasteiger partial charge < -0.3 is 19.9 Å². The summed E-state index contributed by atoms with van der Waals surface area (Å²) in [5.41, 5.74) is 5.00. The van der Waals surface area contributed by atoms with Crippen molar-refractivity contribution in [2.45, 2.75) is 39.0 Å². The van der Waals surface area contributed by atoms with Gasteiger partial charge >= 0.3 is 0 Å². The molecule has 8 nitrogen and oxygen atoms in total. The standard InChI is InChI=1S/C42H38F2N4O4S/c1-26-20-33(39(45-23-26)47-24-42(25-47)15-18-52-19-16-42)40(50)46-31-10-6-28(7-11-31)41(51)48-17-14-29-21-37(36(49)13-8-27-4-2-3-5-34(27)44)53-38(29)32-12-9-30(43)22-35(32)48/h2-7,9-12,20-23H,8,13-19,24-25H2,1H3,(H,46,50). The topological polar surface area (TPSA) is 91.8 Å². The summed E-state index contributed by atoms with van der Waals surface area (Å²) in [6.45, 7) is 5.40. The number of hydrogen-bond acceptors (Lipinski definition) is 7. The molecule has 53 heavy (non-hydrogen) atoms. The summed E-state index contributed by atoms with van der Waals surface area (Å²) in [7, 11) is 0. The van der Waals surface area contributed by atoms with Gasteiger partial charge in [-0.3, -0.25) is 14.4 Å². The van der Waals surface area contributed by atoms with Crippen molar-refractivity contribution in [3.8, 4) is 10.4 Å². The van der Waals surface area contributed by atoms with E-state index in [4.69, 9.17) is 4.74 Å². The van der Waals surface area contributed by atoms with Gasteiger partial charge in [-0.05, 0) is 110 Å². The molecule has 3 aliphatic rings. The Morgan fingerprint density at radius 1 is 0.962 bits per heavy atom. The summed E-state index contributed by atoms with van der Waals surface area (Å²) in [5, 5.41) is 2.98. The van der Waals surface area contributed by atoms with E-state index < -0.39 is 5.82 Å². The first-order chi connectivity index (χ1) is 25.7. The molecule has 3 aliphatic heterocycles. The van der Waals surface area contributed by atoms with Crippen molar-refractivity contribution in [2.75, 3.05) is 48.0 Å². The van der Waals surface area contributed by atoms with Crippen LogP contribution >= 0.6 is 11.3 Å². The highest BCUT2D eigenvalue weighted by atomic mass is 32.1. The smallest absolute Gasteiger partial charge is 0.259 e. The van der Waals surface area contributed by atoms with Gasteiger partial charge in [0, 0.05) is 72.6 Å². The molecular weight excluding hydrogens is 695 g/mol. The van der Waals surface area contributed by atoms with Crippen LogP contribution in [-0.4, -0.2) is 55.4 Å². The van der Waals surface area contributed by atoms with E-state index in [0.29, 0.717) is 57.2 Å². The van der Waals surface area contributed by atoms with Gasteiger partial charge in [0.25, 0.3) is 11.8 Å². The third kappa shape index (κ3) is 6.98. The summed E-state index contributed by atoms with van der Waals surface area (Å²) in [6, 6.07) is 21.2. The van der Waals surface area contributed by atoms with Crippen molar-refractivity contribution in [1.29, 1.82) is 0 Å². The average molecular weight is 733 g/mol. The van der Waals surface area contributed by atoms with E-state index in [2.05, 4.69) is 15.2 Å². The largest absolute Gasteiger partial charge is 0.381 e. The minimum atomic E-state index is -0.480. The lowest BCUT2D eigenvalue weighted by molar-refractivity contribution is -0.000511. The second-order valence-corrected chi connectivity index (χ2v) is 15.3. The first-order valence-electron chi connectivity index (χ1n) is 17.9. The van der Waals surface area contributed by atoms with Crippen LogP contribution < -0.4 is 15.1 Å². The number of rotatable bonds is 8. The lowest BCUT2D eigenvalue weighted by Gasteiger charge is -2.53. The van der Waals surface area contributed by atoms with Crippen LogP contribution in [0.5, 0.6) is 0 Å². The molecule has 1 spiro atoms. The monoisotopic (exact) mass is 732 g/mol. The Morgan fingerprint density at radius 2 is 1.74 bits per heavy atom. The van der Waals surface area contributed by atoms with Gasteiger partial charge in [-0.15, -0.1) is 11.3 Å². The number of ketones is 1. The second kappa shape index (κ2) is 14.3. The summed E-state index contributed by atoms with van der Waals surface area (Å²) in [5.74, 6) is -0.827. The Labute approximate surface area is 310 Å². The molecule has 5 aromatic rings. The number of halogens is 2. The highest BCUT2D eigenvalue weighted by Crippen LogP contribution is 2.44. The molecule has 0 unspecified atom stereocenters. The quantitative estimate of drug-likeness (QED) is 0.162. The van der Waals surface area contributed by atoms with Crippen LogP contribution in [0, 0.1) is 24.0 Å². The first-order valence-corrected chi connectivity index (χ1v) is 18.7. The lowest BCUT2D eigenvalue weighted by atomic mass is 9.73. The van der Waals surface area contributed by atoms with Crippen molar-refractivity contribution < 1.29 is 27.9 Å². The molecule has 11 heteroatoms. The number of pyridine rings is 1. The molecular formula is C42H38F2N4O4S. The third-order valence-corrected chi connectivity index (χ3v) is 11.8. The van der Waals surface area contributed by atoms with Crippen molar-refractivity contribution in [2.24, 2.45) is 5.41 Å². The average Bonchev–Trinajstić information content (AvgIpc) is 3.52. The van der Waals surface area contributed by atoms with Crippen LogP contribution in [0.15, 0.2) is 85.1 Å². The molecule has 0 radical (unpaired) electrons. The molecule has 270 valence electrons. The summed E-state index contributed by atoms with van der Waals surface area (Å²) >= 11 is 1.32. The molecule has 0 aliphatic carbocycles. The van der Waals surface area contributed by atoms with Gasteiger partial charge in [0.15, 0.2) is 5.78 Å². The minimum Gasteiger partial charge on any atom is -0.381 e. The highest BCUT2D eigenvalue weighted by molar-refractivity contribution is 7.17. The Morgan fingerprint density at radius 3 is 2.51 bits per heavy atom. The van der Waals surface area contributed by atoms with Crippen molar-refractivity contribution in [1.82, 2.24) is 4.98 Å². The summed E-state index contributed by atoms with van der Waals surface area (Å²) < 4.78 is 34.4. The number of aryl methyl sites for hydroxylation is 2. The van der Waals surface area contributed by atoms with Crippen molar-refractivity contribution >= 4 is 46.1 Å². The number of hydrogen-bond donors (Lipinski definition) is 1. The molecule has 3 aromatic carbocycles. The van der Waals surface area contributed by atoms with Crippen LogP contribution in [0.2, 0.25) is 0 Å². The van der Waals surface area contributed by atoms with E-state index in [1.807, 2.05) is 19.1 Å². The number of aromatic nitrogens is 1. The predicted molar refractivity (Wildman–Crippen MR) is 202 cm³/mol. The van der Waals surface area contributed by atoms with Gasteiger partial charge in [0.1, 0.15) is 17.5 Å². The number of ether oxygens (including phenoxy) is 1. The van der Waals surface area contributed by atoms with Crippen LogP contribution in [-0.2, 0) is 17.6 Å². The zero-order chi connectivity index (χ0) is 36.7. The number of benzene rings is 3. The van der Waals surface area contributed by atoms with E-state index in [1.165, 1.54) is 29.5 Å². The zero-order valence-corrected chi connectivity index (χ0v) is 30.1. The Balaban J connectivity index is 0.973. The number of carbonyl (C=O) groups excluding carboxylic acids is 3. The van der Waals surface area contributed by atoms with Crippen LogP contribution in [0.25, 0.3) is 10.4 Å². The minimum absolute atomic E-state index is 0.0890. The van der Waals surface area contributed by atoms with E-state index >= 15 is 0 Å². The molecule has 5 heterocycles. The van der Waals surface area contributed by atoms with E-state index in [-0.39, 0.29) is 41.8 Å². The Hall–Kier alpha value is -5.26. The highest BCUT2D eigenvalue weighted by Gasteiger charge is 2.45. The number of carbonyl (C=O) groups is 3. The molecule has 2 saturated heterocycles. The summed E-state index contributed by atoms with van der Waals surface area (Å²) in [4.78, 5) is 50.5. The Kier molecular flexibility index (Phi) is 9.38. The summed E-state index contributed by atoms with van der Waals surface area (Å²) in [6.07, 6.45) is 4.72. The van der Waals surface area contributed by atoms with Gasteiger partial charge in [0.2, 0.25) is 0 Å². The third-order valence-electron chi connectivity index (χ3n) is 10.6. The number of Topliss-reactive ketones (excluding diaryl/α,β-unsaturated/α-hetero) is 1. The van der Waals surface area contributed by atoms with E-state index in [1.54, 1.807) is 59.6 Å². The van der Waals surface area contributed by atoms with Crippen molar-refractivity contribution in [3.05, 3.63) is 129 Å². The molecule has 0 atom stereocenters. The molecule has 2 fully saturated rings. The first kappa shape index (κ1) is 34.8. The maximum atomic E-state index is 14.7. The fraction of sp³-hybridized carbons (Fsp3) is 0.286. The van der Waals surface area contributed by atoms with Crippen molar-refractivity contribution in [3.63, 3.8) is 0 Å². The normalized spacial score (nSPS) is 16.0.